The molecule has 0 radical (unpaired) electrons. The van der Waals surface area contributed by atoms with E-state index >= 15 is 0 Å². The van der Waals surface area contributed by atoms with Crippen LogP contribution in [0, 0.1) is 12.8 Å². The first-order valence-electron chi connectivity index (χ1n) is 12.7. The van der Waals surface area contributed by atoms with Gasteiger partial charge in [0, 0.05) is 23.0 Å². The van der Waals surface area contributed by atoms with Crippen molar-refractivity contribution < 1.29 is 40.4 Å². The van der Waals surface area contributed by atoms with Crippen LogP contribution in [-0.4, -0.2) is 54.6 Å². The van der Waals surface area contributed by atoms with Crippen LogP contribution in [0.5, 0.6) is 0 Å². The topological polar surface area (TPSA) is 154 Å². The lowest BCUT2D eigenvalue weighted by molar-refractivity contribution is -0.137. The Hall–Kier alpha value is -2.95. The molecular weight excluding hydrogens is 585 g/mol. The number of nitrogens with zero attached hydrogens (tertiary/aromatic N) is 2. The zero-order valence-electron chi connectivity index (χ0n) is 21.7. The molecule has 2 unspecified atom stereocenters. The van der Waals surface area contributed by atoms with Crippen LogP contribution in [0.25, 0.3) is 0 Å². The summed E-state index contributed by atoms with van der Waals surface area (Å²) in [5.74, 6) is -0.650. The summed E-state index contributed by atoms with van der Waals surface area (Å²) < 4.78 is 73.1. The van der Waals surface area contributed by atoms with E-state index in [9.17, 15) is 31.5 Å². The second-order valence-corrected chi connectivity index (χ2v) is 12.5. The summed E-state index contributed by atoms with van der Waals surface area (Å²) in [4.78, 5) is 22.9. The van der Waals surface area contributed by atoms with Crippen molar-refractivity contribution in [3.05, 3.63) is 74.4 Å². The Bertz CT molecular complexity index is 1560. The van der Waals surface area contributed by atoms with Crippen molar-refractivity contribution in [2.45, 2.75) is 50.6 Å². The number of hydrogen-bond acceptors (Lipinski definition) is 10. The number of ketones is 1. The van der Waals surface area contributed by atoms with Crippen molar-refractivity contribution in [2.75, 3.05) is 18.5 Å². The normalized spacial score (nSPS) is 22.9. The van der Waals surface area contributed by atoms with Gasteiger partial charge in [0.05, 0.1) is 35.3 Å². The summed E-state index contributed by atoms with van der Waals surface area (Å²) in [6, 6.07) is 4.96. The van der Waals surface area contributed by atoms with E-state index in [0.717, 1.165) is 22.6 Å². The first-order valence-corrected chi connectivity index (χ1v) is 15.0. The minimum atomic E-state index is -4.50. The molecule has 1 aliphatic carbocycles. The third-order valence-electron chi connectivity index (χ3n) is 7.28. The molecule has 1 fully saturated rings. The number of carbonyl (C=O) groups is 1. The maximum Gasteiger partial charge on any atom is 0.416 e. The second-order valence-electron chi connectivity index (χ2n) is 10.1. The minimum Gasteiger partial charge on any atom is -0.393 e. The van der Waals surface area contributed by atoms with Crippen LogP contribution in [0.4, 0.5) is 19.0 Å². The maximum atomic E-state index is 13.6. The molecule has 2 aromatic heterocycles. The number of halogens is 3. The number of aryl methyl sites for hydroxylation is 1. The number of nitrogens with two attached hydrogens (primary N) is 1. The summed E-state index contributed by atoms with van der Waals surface area (Å²) >= 11 is 1.20. The molecule has 3 heterocycles. The fourth-order valence-electron chi connectivity index (χ4n) is 5.26. The van der Waals surface area contributed by atoms with Gasteiger partial charge >= 0.3 is 16.5 Å². The number of nitrogens with one attached hydrogen (secondary N) is 1. The zero-order valence-corrected chi connectivity index (χ0v) is 23.4. The molecule has 0 bridgehead atoms. The quantitative estimate of drug-likeness (QED) is 0.324. The predicted octanol–water partition coefficient (Wildman–Crippen LogP) is 3.53. The van der Waals surface area contributed by atoms with E-state index in [-0.39, 0.29) is 36.2 Å². The van der Waals surface area contributed by atoms with E-state index in [4.69, 9.17) is 9.88 Å². The molecule has 15 heteroatoms. The van der Waals surface area contributed by atoms with Gasteiger partial charge in [-0.05, 0) is 61.1 Å². The molecule has 4 atom stereocenters. The van der Waals surface area contributed by atoms with Crippen LogP contribution in [0.2, 0.25) is 0 Å². The van der Waals surface area contributed by atoms with E-state index in [1.54, 1.807) is 13.0 Å². The highest BCUT2D eigenvalue weighted by atomic mass is 32.2. The first-order chi connectivity index (χ1) is 19.3. The van der Waals surface area contributed by atoms with Gasteiger partial charge < -0.3 is 15.2 Å². The van der Waals surface area contributed by atoms with Crippen molar-refractivity contribution in [3.8, 4) is 0 Å². The van der Waals surface area contributed by atoms with Crippen molar-refractivity contribution in [2.24, 2.45) is 11.1 Å². The number of carbonyl (C=O) groups excluding carboxylic acids is 1. The molecule has 5 rings (SSSR count). The van der Waals surface area contributed by atoms with Gasteiger partial charge in [-0.3, -0.25) is 8.98 Å². The summed E-state index contributed by atoms with van der Waals surface area (Å²) in [6.45, 7) is 1.84. The molecule has 0 amide bonds. The smallest absolute Gasteiger partial charge is 0.393 e. The van der Waals surface area contributed by atoms with Crippen molar-refractivity contribution >= 4 is 33.2 Å². The van der Waals surface area contributed by atoms with Gasteiger partial charge in [-0.2, -0.15) is 21.6 Å². The first kappa shape index (κ1) is 29.5. The van der Waals surface area contributed by atoms with Crippen LogP contribution >= 0.6 is 11.3 Å². The minimum absolute atomic E-state index is 0.170. The molecule has 4 N–H and O–H groups in total. The molecule has 1 saturated carbocycles. The number of thiophene rings is 1. The number of hydrogen-bond donors (Lipinski definition) is 3. The van der Waals surface area contributed by atoms with E-state index < -0.39 is 40.2 Å². The number of alkyl halides is 3. The van der Waals surface area contributed by atoms with E-state index in [2.05, 4.69) is 19.5 Å². The Balaban J connectivity index is 1.37. The predicted molar refractivity (Wildman–Crippen MR) is 143 cm³/mol. The molecule has 3 aromatic rings. The van der Waals surface area contributed by atoms with Gasteiger partial charge in [-0.1, -0.05) is 6.07 Å². The van der Waals surface area contributed by atoms with Crippen molar-refractivity contribution in [3.63, 3.8) is 0 Å². The zero-order chi connectivity index (χ0) is 29.5. The van der Waals surface area contributed by atoms with Crippen LogP contribution in [0.15, 0.2) is 36.8 Å². The second kappa shape index (κ2) is 11.4. The number of fused-ring (bicyclic) bond motifs is 1. The highest BCUT2D eigenvalue weighted by Crippen LogP contribution is 2.41. The van der Waals surface area contributed by atoms with Gasteiger partial charge in [-0.25, -0.2) is 15.1 Å². The number of rotatable bonds is 8. The average molecular weight is 613 g/mol. The van der Waals surface area contributed by atoms with Crippen molar-refractivity contribution in [1.82, 2.24) is 9.97 Å². The molecule has 1 aromatic carbocycles. The number of aliphatic hydroxyl groups is 1. The number of aromatic nitrogens is 2. The van der Waals surface area contributed by atoms with Gasteiger partial charge in [0.1, 0.15) is 18.2 Å². The van der Waals surface area contributed by atoms with Gasteiger partial charge in [0.25, 0.3) is 0 Å². The van der Waals surface area contributed by atoms with Crippen LogP contribution < -0.4 is 10.5 Å². The van der Waals surface area contributed by atoms with Gasteiger partial charge in [0.2, 0.25) is 5.78 Å². The Morgan fingerprint density at radius 3 is 2.78 bits per heavy atom. The molecule has 220 valence electrons. The third kappa shape index (κ3) is 6.60. The fraction of sp³-hybridized carbons (Fsp3) is 0.423. The summed E-state index contributed by atoms with van der Waals surface area (Å²) in [7, 11) is -4.15. The van der Waals surface area contributed by atoms with Crippen molar-refractivity contribution in [1.29, 1.82) is 0 Å². The van der Waals surface area contributed by atoms with E-state index in [0.29, 0.717) is 35.5 Å². The van der Waals surface area contributed by atoms with Crippen LogP contribution in [0.3, 0.4) is 0 Å². The Labute approximate surface area is 238 Å². The molecular formula is C26H27F3N4O6S2. The average Bonchev–Trinajstić information content (AvgIpc) is 3.47. The standard InChI is InChI=1S/C26H27F3N4O6S2/c1-13-18(24-19-7-16(26(27,28)29)3-2-14(19)4-5-38-24)9-22(40-13)23(35)20-10-31-12-32-25(20)33-17-6-15(21(34)8-17)11-39-41(30,36)37/h2-3,7,9-10,12,15,17,21,24,34H,4-6,8,11H2,1H3,(H2,30,36,37)(H,31,32,33)/t15?,17-,21+,24?/m1/s1. The van der Waals surface area contributed by atoms with Crippen LogP contribution in [-0.2, 0) is 31.8 Å². The Morgan fingerprint density at radius 2 is 2.05 bits per heavy atom. The molecule has 10 nitrogen and oxygen atoms in total. The number of anilines is 1. The number of ether oxygens (including phenoxy) is 1. The monoisotopic (exact) mass is 612 g/mol. The summed E-state index contributed by atoms with van der Waals surface area (Å²) in [6.07, 6.45) is -2.38. The maximum absolute atomic E-state index is 13.6. The SMILES string of the molecule is Cc1sc(C(=O)c2cncnc2N[C@@H]2CC(COS(N)(=O)=O)[C@@H](O)C2)cc1C1OCCc2ccc(C(F)(F)F)cc21. The van der Waals surface area contributed by atoms with E-state index in [1.807, 2.05) is 0 Å². The molecule has 41 heavy (non-hydrogen) atoms. The van der Waals surface area contributed by atoms with Gasteiger partial charge in [0.15, 0.2) is 0 Å². The molecule has 0 spiro atoms. The summed E-state index contributed by atoms with van der Waals surface area (Å²) in [5, 5.41) is 18.4. The molecule has 1 aliphatic heterocycles. The Kier molecular flexibility index (Phi) is 8.20. The Morgan fingerprint density at radius 1 is 1.27 bits per heavy atom. The highest BCUT2D eigenvalue weighted by Gasteiger charge is 2.36. The van der Waals surface area contributed by atoms with Crippen LogP contribution in [0.1, 0.15) is 61.3 Å². The van der Waals surface area contributed by atoms with E-state index in [1.165, 1.54) is 29.9 Å². The molecule has 2 aliphatic rings. The number of benzene rings is 1. The summed E-state index contributed by atoms with van der Waals surface area (Å²) in [5.41, 5.74) is 1.22. The lowest BCUT2D eigenvalue weighted by atomic mass is 9.91. The largest absolute Gasteiger partial charge is 0.416 e. The van der Waals surface area contributed by atoms with Gasteiger partial charge in [-0.15, -0.1) is 11.3 Å². The highest BCUT2D eigenvalue weighted by molar-refractivity contribution is 7.84. The molecule has 0 saturated heterocycles. The number of aliphatic hydroxyl groups excluding tert-OH is 1. The third-order valence-corrected chi connectivity index (χ3v) is 8.81. The lowest BCUT2D eigenvalue weighted by Crippen LogP contribution is -2.24. The fourth-order valence-corrected chi connectivity index (χ4v) is 6.63. The lowest BCUT2D eigenvalue weighted by Gasteiger charge is -2.27.